The first-order valence-corrected chi connectivity index (χ1v) is 6.36. The summed E-state index contributed by atoms with van der Waals surface area (Å²) in [4.78, 5) is 6.56. The molecule has 1 saturated heterocycles. The van der Waals surface area contributed by atoms with Gasteiger partial charge in [0.05, 0.1) is 24.3 Å². The first-order chi connectivity index (χ1) is 9.04. The van der Waals surface area contributed by atoms with E-state index in [2.05, 4.69) is 22.0 Å². The lowest BCUT2D eigenvalue weighted by Gasteiger charge is -2.38. The zero-order chi connectivity index (χ0) is 14.0. The maximum Gasteiger partial charge on any atom is 0.174 e. The third-order valence-electron chi connectivity index (χ3n) is 3.38. The maximum atomic E-state index is 8.95. The van der Waals surface area contributed by atoms with E-state index in [4.69, 9.17) is 15.7 Å². The van der Waals surface area contributed by atoms with Gasteiger partial charge in [0, 0.05) is 12.7 Å². The summed E-state index contributed by atoms with van der Waals surface area (Å²) in [5, 5.41) is 12.1. The number of rotatable bonds is 2. The topological polar surface area (TPSA) is 84.0 Å². The van der Waals surface area contributed by atoms with Crippen molar-refractivity contribution in [2.75, 3.05) is 18.1 Å². The van der Waals surface area contributed by atoms with Crippen molar-refractivity contribution < 1.29 is 9.94 Å². The van der Waals surface area contributed by atoms with Crippen molar-refractivity contribution in [1.29, 1.82) is 0 Å². The second-order valence-electron chi connectivity index (χ2n) is 4.96. The van der Waals surface area contributed by atoms with Crippen LogP contribution in [-0.4, -0.2) is 41.3 Å². The van der Waals surface area contributed by atoms with Crippen molar-refractivity contribution in [3.05, 3.63) is 23.4 Å². The van der Waals surface area contributed by atoms with Gasteiger partial charge in [-0.25, -0.2) is 4.98 Å². The Morgan fingerprint density at radius 3 is 3.00 bits per heavy atom. The molecule has 1 fully saturated rings. The van der Waals surface area contributed by atoms with E-state index in [1.54, 1.807) is 6.20 Å². The standard InChI is InChI=1S/C13H20N4O2/c1-8-4-5-15-13(11(8)12(14)16-18)17-6-10(3)19-7-9(17)2/h4-5,9-10,18H,6-7H2,1-3H3,(H2,14,16). The molecule has 3 N–H and O–H groups in total. The molecule has 0 bridgehead atoms. The van der Waals surface area contributed by atoms with Gasteiger partial charge in [-0.2, -0.15) is 0 Å². The van der Waals surface area contributed by atoms with Crippen LogP contribution in [0.3, 0.4) is 0 Å². The number of oxime groups is 1. The van der Waals surface area contributed by atoms with E-state index in [1.165, 1.54) is 0 Å². The van der Waals surface area contributed by atoms with Gasteiger partial charge in [-0.05, 0) is 32.4 Å². The highest BCUT2D eigenvalue weighted by Gasteiger charge is 2.27. The summed E-state index contributed by atoms with van der Waals surface area (Å²) in [7, 11) is 0. The zero-order valence-corrected chi connectivity index (χ0v) is 11.5. The fourth-order valence-corrected chi connectivity index (χ4v) is 2.33. The molecule has 0 amide bonds. The average molecular weight is 264 g/mol. The van der Waals surface area contributed by atoms with Crippen LogP contribution >= 0.6 is 0 Å². The molecule has 0 aliphatic carbocycles. The first kappa shape index (κ1) is 13.6. The zero-order valence-electron chi connectivity index (χ0n) is 11.5. The minimum Gasteiger partial charge on any atom is -0.409 e. The third-order valence-corrected chi connectivity index (χ3v) is 3.38. The molecule has 1 aliphatic rings. The molecule has 2 unspecified atom stereocenters. The highest BCUT2D eigenvalue weighted by Crippen LogP contribution is 2.25. The van der Waals surface area contributed by atoms with Gasteiger partial charge in [-0.15, -0.1) is 0 Å². The Labute approximate surface area is 112 Å². The molecule has 104 valence electrons. The van der Waals surface area contributed by atoms with E-state index < -0.39 is 0 Å². The summed E-state index contributed by atoms with van der Waals surface area (Å²) in [5.74, 6) is 0.838. The quantitative estimate of drug-likeness (QED) is 0.361. The highest BCUT2D eigenvalue weighted by molar-refractivity contribution is 6.02. The van der Waals surface area contributed by atoms with Crippen molar-refractivity contribution in [1.82, 2.24) is 4.98 Å². The van der Waals surface area contributed by atoms with E-state index >= 15 is 0 Å². The lowest BCUT2D eigenvalue weighted by molar-refractivity contribution is 0.0340. The van der Waals surface area contributed by atoms with Crippen LogP contribution in [0.15, 0.2) is 17.4 Å². The molecular formula is C13H20N4O2. The Bertz CT molecular complexity index is 490. The molecule has 0 spiro atoms. The Balaban J connectivity index is 2.46. The summed E-state index contributed by atoms with van der Waals surface area (Å²) in [5.41, 5.74) is 7.41. The van der Waals surface area contributed by atoms with E-state index in [0.717, 1.165) is 17.9 Å². The molecular weight excluding hydrogens is 244 g/mol. The Morgan fingerprint density at radius 2 is 2.32 bits per heavy atom. The number of ether oxygens (including phenoxy) is 1. The number of aryl methyl sites for hydroxylation is 1. The van der Waals surface area contributed by atoms with Gasteiger partial charge < -0.3 is 20.6 Å². The molecule has 0 saturated carbocycles. The Morgan fingerprint density at radius 1 is 1.58 bits per heavy atom. The normalized spacial score (nSPS) is 24.6. The SMILES string of the molecule is Cc1ccnc(N2CC(C)OCC2C)c1/C(N)=N/O. The summed E-state index contributed by atoms with van der Waals surface area (Å²) in [6, 6.07) is 2.06. The highest BCUT2D eigenvalue weighted by atomic mass is 16.5. The summed E-state index contributed by atoms with van der Waals surface area (Å²) in [6.07, 6.45) is 1.88. The van der Waals surface area contributed by atoms with Crippen molar-refractivity contribution >= 4 is 11.7 Å². The molecule has 2 heterocycles. The lowest BCUT2D eigenvalue weighted by atomic mass is 10.1. The monoisotopic (exact) mass is 264 g/mol. The van der Waals surface area contributed by atoms with Gasteiger partial charge in [0.15, 0.2) is 5.84 Å². The number of nitrogens with two attached hydrogens (primary N) is 1. The predicted octanol–water partition coefficient (Wildman–Crippen LogP) is 1.10. The number of nitrogens with zero attached hydrogens (tertiary/aromatic N) is 3. The van der Waals surface area contributed by atoms with Gasteiger partial charge >= 0.3 is 0 Å². The molecule has 19 heavy (non-hydrogen) atoms. The van der Waals surface area contributed by atoms with Crippen LogP contribution in [0.1, 0.15) is 25.0 Å². The molecule has 6 nitrogen and oxygen atoms in total. The predicted molar refractivity (Wildman–Crippen MR) is 73.7 cm³/mol. The minimum atomic E-state index is 0.0898. The molecule has 0 aromatic carbocycles. The fourth-order valence-electron chi connectivity index (χ4n) is 2.33. The van der Waals surface area contributed by atoms with Crippen molar-refractivity contribution in [2.24, 2.45) is 10.9 Å². The molecule has 1 aliphatic heterocycles. The summed E-state index contributed by atoms with van der Waals surface area (Å²) >= 11 is 0. The van der Waals surface area contributed by atoms with Crippen molar-refractivity contribution in [3.63, 3.8) is 0 Å². The van der Waals surface area contributed by atoms with Crippen LogP contribution in [0.25, 0.3) is 0 Å². The second kappa shape index (κ2) is 5.44. The number of pyridine rings is 1. The maximum absolute atomic E-state index is 8.95. The van der Waals surface area contributed by atoms with Gasteiger partial charge in [0.25, 0.3) is 0 Å². The van der Waals surface area contributed by atoms with E-state index in [0.29, 0.717) is 12.2 Å². The number of hydrogen-bond acceptors (Lipinski definition) is 5. The number of amidine groups is 1. The molecule has 2 atom stereocenters. The molecule has 6 heteroatoms. The molecule has 1 aromatic rings. The lowest BCUT2D eigenvalue weighted by Crippen LogP contribution is -2.48. The minimum absolute atomic E-state index is 0.0898. The van der Waals surface area contributed by atoms with Gasteiger partial charge in [-0.3, -0.25) is 0 Å². The smallest absolute Gasteiger partial charge is 0.174 e. The van der Waals surface area contributed by atoms with Crippen LogP contribution < -0.4 is 10.6 Å². The van der Waals surface area contributed by atoms with Gasteiger partial charge in [0.2, 0.25) is 0 Å². The average Bonchev–Trinajstić information content (AvgIpc) is 2.40. The summed E-state index contributed by atoms with van der Waals surface area (Å²) in [6.45, 7) is 7.41. The number of anilines is 1. The fraction of sp³-hybridized carbons (Fsp3) is 0.538. The summed E-state index contributed by atoms with van der Waals surface area (Å²) < 4.78 is 5.62. The number of aromatic nitrogens is 1. The molecule has 0 radical (unpaired) electrons. The molecule has 2 rings (SSSR count). The van der Waals surface area contributed by atoms with Gasteiger partial charge in [-0.1, -0.05) is 5.16 Å². The largest absolute Gasteiger partial charge is 0.409 e. The van der Waals surface area contributed by atoms with E-state index in [1.807, 2.05) is 19.9 Å². The van der Waals surface area contributed by atoms with E-state index in [-0.39, 0.29) is 18.0 Å². The number of hydrogen-bond donors (Lipinski definition) is 2. The second-order valence-corrected chi connectivity index (χ2v) is 4.96. The van der Waals surface area contributed by atoms with Crippen molar-refractivity contribution in [2.45, 2.75) is 32.9 Å². The Kier molecular flexibility index (Phi) is 3.90. The van der Waals surface area contributed by atoms with Crippen LogP contribution in [0, 0.1) is 6.92 Å². The van der Waals surface area contributed by atoms with Crippen LogP contribution in [0.5, 0.6) is 0 Å². The number of morpholine rings is 1. The van der Waals surface area contributed by atoms with Crippen LogP contribution in [0.2, 0.25) is 0 Å². The third kappa shape index (κ3) is 2.63. The van der Waals surface area contributed by atoms with Crippen molar-refractivity contribution in [3.8, 4) is 0 Å². The molecule has 1 aromatic heterocycles. The van der Waals surface area contributed by atoms with E-state index in [9.17, 15) is 0 Å². The first-order valence-electron chi connectivity index (χ1n) is 6.36. The van der Waals surface area contributed by atoms with Crippen LogP contribution in [-0.2, 0) is 4.74 Å². The van der Waals surface area contributed by atoms with Crippen LogP contribution in [0.4, 0.5) is 5.82 Å². The van der Waals surface area contributed by atoms with Gasteiger partial charge in [0.1, 0.15) is 5.82 Å². The Hall–Kier alpha value is -1.82.